The van der Waals surface area contributed by atoms with E-state index in [1.807, 2.05) is 25.1 Å². The molecule has 0 atom stereocenters. The van der Waals surface area contributed by atoms with Gasteiger partial charge in [-0.3, -0.25) is 4.79 Å². The van der Waals surface area contributed by atoms with Crippen molar-refractivity contribution in [1.29, 1.82) is 0 Å². The molecule has 2 aromatic carbocycles. The molecular weight excluding hydrogens is 436 g/mol. The lowest BCUT2D eigenvalue weighted by Gasteiger charge is -2.20. The van der Waals surface area contributed by atoms with Crippen molar-refractivity contribution in [3.63, 3.8) is 0 Å². The van der Waals surface area contributed by atoms with Crippen LogP contribution >= 0.6 is 0 Å². The van der Waals surface area contributed by atoms with Gasteiger partial charge in [0.2, 0.25) is 0 Å². The maximum atomic E-state index is 12.1. The predicted molar refractivity (Wildman–Crippen MR) is 146 cm³/mol. The highest BCUT2D eigenvalue weighted by molar-refractivity contribution is 6.12. The fourth-order valence-electron chi connectivity index (χ4n) is 4.42. The van der Waals surface area contributed by atoms with E-state index in [4.69, 9.17) is 11.5 Å². The Morgan fingerprint density at radius 3 is 2.54 bits per heavy atom. The summed E-state index contributed by atoms with van der Waals surface area (Å²) < 4.78 is 0. The number of nitrogens with one attached hydrogen (secondary N) is 1. The predicted octanol–water partition coefficient (Wildman–Crippen LogP) is 4.48. The van der Waals surface area contributed by atoms with Crippen molar-refractivity contribution in [2.24, 2.45) is 5.73 Å². The van der Waals surface area contributed by atoms with Crippen LogP contribution < -0.4 is 16.8 Å². The number of rotatable bonds is 10. The van der Waals surface area contributed by atoms with Crippen LogP contribution in [-0.4, -0.2) is 49.0 Å². The maximum absolute atomic E-state index is 12.1. The Morgan fingerprint density at radius 2 is 1.86 bits per heavy atom. The third-order valence-corrected chi connectivity index (χ3v) is 6.59. The van der Waals surface area contributed by atoms with Crippen molar-refractivity contribution in [1.82, 2.24) is 10.2 Å². The van der Waals surface area contributed by atoms with Crippen molar-refractivity contribution in [3.05, 3.63) is 77.5 Å². The van der Waals surface area contributed by atoms with E-state index in [2.05, 4.69) is 16.8 Å². The van der Waals surface area contributed by atoms with E-state index in [0.717, 1.165) is 41.6 Å². The number of nitrogen functional groups attached to an aromatic ring is 1. The molecule has 1 aliphatic rings. The molecule has 0 radical (unpaired) electrons. The van der Waals surface area contributed by atoms with E-state index >= 15 is 0 Å². The van der Waals surface area contributed by atoms with E-state index in [1.165, 1.54) is 38.8 Å². The van der Waals surface area contributed by atoms with Crippen molar-refractivity contribution >= 4 is 17.5 Å². The lowest BCUT2D eigenvalue weighted by Crippen LogP contribution is -2.33. The van der Waals surface area contributed by atoms with Crippen LogP contribution in [0.2, 0.25) is 0 Å². The molecular formula is C29H38N4O2. The highest BCUT2D eigenvalue weighted by Gasteiger charge is 2.14. The molecule has 0 unspecified atom stereocenters. The van der Waals surface area contributed by atoms with Gasteiger partial charge < -0.3 is 26.8 Å². The summed E-state index contributed by atoms with van der Waals surface area (Å²) >= 11 is 0. The molecule has 0 aromatic heterocycles. The third kappa shape index (κ3) is 7.31. The first-order valence-corrected chi connectivity index (χ1v) is 12.3. The van der Waals surface area contributed by atoms with Gasteiger partial charge in [-0.1, -0.05) is 43.7 Å². The van der Waals surface area contributed by atoms with Gasteiger partial charge in [0, 0.05) is 42.2 Å². The van der Waals surface area contributed by atoms with Crippen LogP contribution in [0.3, 0.4) is 0 Å². The molecule has 6 heteroatoms. The average Bonchev–Trinajstić information content (AvgIpc) is 3.13. The molecule has 35 heavy (non-hydrogen) atoms. The number of phenols is 1. The second-order valence-corrected chi connectivity index (χ2v) is 9.15. The molecule has 6 nitrogen and oxygen atoms in total. The van der Waals surface area contributed by atoms with Crippen LogP contribution in [0.1, 0.15) is 38.2 Å². The standard InChI is InChI=1S/C29H38N4O2/c1-21(19-32-13-16-33-14-5-3-4-6-15-33)22(2)28(31)18-24(20-34)29-26(11-8-12-27(29)30)23-9-7-10-25(35)17-23/h7-12,17-18,20,32,35H,1,3-6,13-16,19,30-31H2,2H3/b24-18+,28-22-. The summed E-state index contributed by atoms with van der Waals surface area (Å²) in [4.78, 5) is 14.7. The topological polar surface area (TPSA) is 105 Å². The van der Waals surface area contributed by atoms with Gasteiger partial charge in [-0.25, -0.2) is 0 Å². The number of nitrogens with zero attached hydrogens (tertiary/aromatic N) is 1. The number of phenolic OH excluding ortho intramolecular Hbond substituents is 1. The van der Waals surface area contributed by atoms with Crippen molar-refractivity contribution in [2.45, 2.75) is 32.6 Å². The van der Waals surface area contributed by atoms with Crippen molar-refractivity contribution in [3.8, 4) is 16.9 Å². The molecule has 1 heterocycles. The minimum Gasteiger partial charge on any atom is -0.508 e. The molecule has 0 saturated carbocycles. The Balaban J connectivity index is 1.73. The van der Waals surface area contributed by atoms with Crippen LogP contribution in [0.4, 0.5) is 5.69 Å². The number of hydrogen-bond donors (Lipinski definition) is 4. The van der Waals surface area contributed by atoms with E-state index in [0.29, 0.717) is 29.1 Å². The third-order valence-electron chi connectivity index (χ3n) is 6.59. The van der Waals surface area contributed by atoms with Crippen LogP contribution in [0, 0.1) is 0 Å². The second kappa shape index (κ2) is 12.9. The Hall–Kier alpha value is -3.35. The number of anilines is 1. The number of allylic oxidation sites excluding steroid dienone is 2. The summed E-state index contributed by atoms with van der Waals surface area (Å²) in [6.07, 6.45) is 7.67. The number of aromatic hydroxyl groups is 1. The van der Waals surface area contributed by atoms with E-state index in [9.17, 15) is 9.90 Å². The molecule has 1 aliphatic heterocycles. The zero-order valence-corrected chi connectivity index (χ0v) is 20.7. The lowest BCUT2D eigenvalue weighted by atomic mass is 9.92. The van der Waals surface area contributed by atoms with E-state index < -0.39 is 0 Å². The van der Waals surface area contributed by atoms with Gasteiger partial charge in [0.15, 0.2) is 6.29 Å². The summed E-state index contributed by atoms with van der Waals surface area (Å²) in [5.74, 6) is 0.141. The normalized spacial score (nSPS) is 15.9. The first kappa shape index (κ1) is 26.3. The Bertz CT molecular complexity index is 1100. The van der Waals surface area contributed by atoms with Crippen LogP contribution in [0.5, 0.6) is 5.75 Å². The summed E-state index contributed by atoms with van der Waals surface area (Å²) in [6, 6.07) is 12.3. The molecule has 0 aliphatic carbocycles. The van der Waals surface area contributed by atoms with Gasteiger partial charge in [0.25, 0.3) is 0 Å². The number of carbonyl (C=O) groups excluding carboxylic acids is 1. The number of carbonyl (C=O) groups is 1. The fraction of sp³-hybridized carbons (Fsp3) is 0.345. The Labute approximate surface area is 209 Å². The molecule has 3 rings (SSSR count). The quantitative estimate of drug-likeness (QED) is 0.133. The smallest absolute Gasteiger partial charge is 0.150 e. The van der Waals surface area contributed by atoms with Crippen LogP contribution in [-0.2, 0) is 4.79 Å². The second-order valence-electron chi connectivity index (χ2n) is 9.15. The first-order valence-electron chi connectivity index (χ1n) is 12.3. The van der Waals surface area contributed by atoms with E-state index in [-0.39, 0.29) is 5.75 Å². The molecule has 1 saturated heterocycles. The zero-order valence-electron chi connectivity index (χ0n) is 20.7. The zero-order chi connectivity index (χ0) is 25.2. The van der Waals surface area contributed by atoms with Gasteiger partial charge in [-0.15, -0.1) is 0 Å². The summed E-state index contributed by atoms with van der Waals surface area (Å²) in [5, 5.41) is 13.4. The van der Waals surface area contributed by atoms with Gasteiger partial charge in [-0.05, 0) is 79.4 Å². The average molecular weight is 475 g/mol. The largest absolute Gasteiger partial charge is 0.508 e. The molecule has 2 aromatic rings. The SMILES string of the molecule is C=C(CNCCN1CCCCCC1)/C(C)=C(N)/C=C(\C=O)c1c(N)cccc1-c1cccc(O)c1. The number of nitrogens with two attached hydrogens (primary N) is 2. The molecule has 1 fully saturated rings. The first-order chi connectivity index (χ1) is 16.9. The monoisotopic (exact) mass is 474 g/mol. The van der Waals surface area contributed by atoms with Crippen molar-refractivity contribution in [2.75, 3.05) is 38.5 Å². The minimum atomic E-state index is 0.141. The molecule has 6 N–H and O–H groups in total. The number of likely N-dealkylation sites (tertiary alicyclic amines) is 1. The van der Waals surface area contributed by atoms with Crippen LogP contribution in [0.25, 0.3) is 16.7 Å². The number of benzene rings is 2. The summed E-state index contributed by atoms with van der Waals surface area (Å²) in [6.45, 7) is 11.0. The van der Waals surface area contributed by atoms with Gasteiger partial charge in [0.1, 0.15) is 5.75 Å². The molecule has 0 spiro atoms. The Morgan fingerprint density at radius 1 is 1.14 bits per heavy atom. The van der Waals surface area contributed by atoms with E-state index in [1.54, 1.807) is 30.3 Å². The maximum Gasteiger partial charge on any atom is 0.150 e. The minimum absolute atomic E-state index is 0.141. The number of hydrogen-bond acceptors (Lipinski definition) is 6. The van der Waals surface area contributed by atoms with Crippen LogP contribution in [0.15, 0.2) is 72.0 Å². The highest BCUT2D eigenvalue weighted by Crippen LogP contribution is 2.34. The van der Waals surface area contributed by atoms with Gasteiger partial charge in [-0.2, -0.15) is 0 Å². The highest BCUT2D eigenvalue weighted by atomic mass is 16.3. The van der Waals surface area contributed by atoms with Crippen molar-refractivity contribution < 1.29 is 9.90 Å². The molecule has 0 bridgehead atoms. The lowest BCUT2D eigenvalue weighted by molar-refractivity contribution is -0.103. The molecule has 0 amide bonds. The summed E-state index contributed by atoms with van der Waals surface area (Å²) in [7, 11) is 0. The molecule has 186 valence electrons. The fourth-order valence-corrected chi connectivity index (χ4v) is 4.42. The number of aldehydes is 1. The van der Waals surface area contributed by atoms with Gasteiger partial charge in [0.05, 0.1) is 0 Å². The Kier molecular flexibility index (Phi) is 9.70. The van der Waals surface area contributed by atoms with Gasteiger partial charge >= 0.3 is 0 Å². The summed E-state index contributed by atoms with van der Waals surface area (Å²) in [5.41, 5.74) is 17.8.